The number of ether oxygens (including phenoxy) is 1. The van der Waals surface area contributed by atoms with E-state index in [1.54, 1.807) is 23.0 Å². The Labute approximate surface area is 167 Å². The van der Waals surface area contributed by atoms with Crippen molar-refractivity contribution in [2.24, 2.45) is 13.0 Å². The molecular formula is C22H21FN4O2. The Morgan fingerprint density at radius 1 is 1.17 bits per heavy atom. The Bertz CT molecular complexity index is 1170. The summed E-state index contributed by atoms with van der Waals surface area (Å²) in [7, 11) is 1.85. The van der Waals surface area contributed by atoms with Crippen molar-refractivity contribution < 1.29 is 14.2 Å². The molecule has 1 fully saturated rings. The fraction of sp³-hybridized carbons (Fsp3) is 0.273. The zero-order valence-electron chi connectivity index (χ0n) is 16.0. The minimum atomic E-state index is -0.289. The van der Waals surface area contributed by atoms with Crippen LogP contribution in [0.25, 0.3) is 33.3 Å². The average Bonchev–Trinajstić information content (AvgIpc) is 3.43. The van der Waals surface area contributed by atoms with Crippen molar-refractivity contribution in [2.45, 2.75) is 13.0 Å². The first-order valence-corrected chi connectivity index (χ1v) is 9.64. The minimum absolute atomic E-state index is 0.198. The molecule has 0 spiro atoms. The molecule has 29 heavy (non-hydrogen) atoms. The van der Waals surface area contributed by atoms with Crippen LogP contribution < -0.4 is 0 Å². The second-order valence-corrected chi connectivity index (χ2v) is 7.53. The molecule has 3 aromatic heterocycles. The largest absolute Gasteiger partial charge is 0.494 e. The van der Waals surface area contributed by atoms with Gasteiger partial charge in [0.25, 0.3) is 0 Å². The number of aromatic nitrogens is 4. The van der Waals surface area contributed by atoms with Gasteiger partial charge in [-0.2, -0.15) is 5.10 Å². The third kappa shape index (κ3) is 3.17. The molecule has 1 aliphatic heterocycles. The summed E-state index contributed by atoms with van der Waals surface area (Å²) in [5.74, 6) is 0.298. The predicted octanol–water partition coefficient (Wildman–Crippen LogP) is 3.99. The van der Waals surface area contributed by atoms with E-state index in [4.69, 9.17) is 4.74 Å². The summed E-state index contributed by atoms with van der Waals surface area (Å²) < 4.78 is 22.4. The van der Waals surface area contributed by atoms with Gasteiger partial charge >= 0.3 is 0 Å². The van der Waals surface area contributed by atoms with Crippen LogP contribution in [0.4, 0.5) is 4.39 Å². The summed E-state index contributed by atoms with van der Waals surface area (Å²) in [6.45, 7) is 2.18. The molecule has 0 saturated carbocycles. The maximum atomic E-state index is 13.4. The molecule has 148 valence electrons. The zero-order chi connectivity index (χ0) is 20.0. The van der Waals surface area contributed by atoms with Crippen molar-refractivity contribution in [3.8, 4) is 28.3 Å². The summed E-state index contributed by atoms with van der Waals surface area (Å²) in [6, 6.07) is 8.16. The van der Waals surface area contributed by atoms with Gasteiger partial charge in [0.15, 0.2) is 0 Å². The molecule has 6 nitrogen and oxygen atoms in total. The van der Waals surface area contributed by atoms with Gasteiger partial charge in [0.1, 0.15) is 11.5 Å². The maximum absolute atomic E-state index is 13.4. The van der Waals surface area contributed by atoms with Crippen molar-refractivity contribution in [2.75, 3.05) is 13.2 Å². The molecule has 4 aromatic rings. The van der Waals surface area contributed by atoms with Gasteiger partial charge in [-0.25, -0.2) is 4.39 Å². The number of nitrogens with zero attached hydrogens (tertiary/aromatic N) is 4. The smallest absolute Gasteiger partial charge is 0.201 e. The molecule has 1 N–H and O–H groups in total. The van der Waals surface area contributed by atoms with Gasteiger partial charge in [-0.1, -0.05) is 0 Å². The van der Waals surface area contributed by atoms with E-state index in [2.05, 4.69) is 10.1 Å². The second kappa shape index (κ2) is 7.00. The van der Waals surface area contributed by atoms with Crippen molar-refractivity contribution in [1.29, 1.82) is 0 Å². The van der Waals surface area contributed by atoms with Gasteiger partial charge in [-0.15, -0.1) is 0 Å². The molecule has 1 unspecified atom stereocenters. The maximum Gasteiger partial charge on any atom is 0.201 e. The van der Waals surface area contributed by atoms with Crippen molar-refractivity contribution in [3.05, 3.63) is 54.7 Å². The van der Waals surface area contributed by atoms with Crippen molar-refractivity contribution in [3.63, 3.8) is 0 Å². The topological polar surface area (TPSA) is 65.1 Å². The lowest BCUT2D eigenvalue weighted by atomic mass is 10.00. The summed E-state index contributed by atoms with van der Waals surface area (Å²) >= 11 is 0. The van der Waals surface area contributed by atoms with Gasteiger partial charge in [0.05, 0.1) is 17.5 Å². The van der Waals surface area contributed by atoms with Crippen LogP contribution in [-0.4, -0.2) is 37.7 Å². The first-order chi connectivity index (χ1) is 14.1. The number of aryl methyl sites for hydroxylation is 1. The van der Waals surface area contributed by atoms with Crippen LogP contribution >= 0.6 is 0 Å². The Balaban J connectivity index is 1.64. The highest BCUT2D eigenvalue weighted by atomic mass is 19.1. The van der Waals surface area contributed by atoms with Gasteiger partial charge in [-0.05, 0) is 36.8 Å². The number of hydrogen-bond donors (Lipinski definition) is 1. The molecule has 1 atom stereocenters. The fourth-order valence-corrected chi connectivity index (χ4v) is 4.04. The van der Waals surface area contributed by atoms with Gasteiger partial charge in [-0.3, -0.25) is 9.67 Å². The van der Waals surface area contributed by atoms with Gasteiger partial charge < -0.3 is 14.4 Å². The van der Waals surface area contributed by atoms with Gasteiger partial charge in [0, 0.05) is 61.4 Å². The number of hydrogen-bond acceptors (Lipinski definition) is 4. The van der Waals surface area contributed by atoms with Crippen molar-refractivity contribution in [1.82, 2.24) is 19.3 Å². The molecule has 4 heterocycles. The average molecular weight is 392 g/mol. The summed E-state index contributed by atoms with van der Waals surface area (Å²) in [5, 5.41) is 16.3. The molecule has 1 saturated heterocycles. The SMILES string of the molecule is Cn1cc(-c2ccnc3cn(CC4CCOC4)c(O)c23)c(-c2ccc(F)cc2)n1. The lowest BCUT2D eigenvalue weighted by Gasteiger charge is -2.10. The Hall–Kier alpha value is -3.19. The number of rotatable bonds is 4. The summed E-state index contributed by atoms with van der Waals surface area (Å²) in [4.78, 5) is 4.46. The van der Waals surface area contributed by atoms with Crippen LogP contribution in [0.5, 0.6) is 5.88 Å². The zero-order valence-corrected chi connectivity index (χ0v) is 16.0. The third-order valence-electron chi connectivity index (χ3n) is 5.47. The number of benzene rings is 1. The lowest BCUT2D eigenvalue weighted by Crippen LogP contribution is -2.09. The quantitative estimate of drug-likeness (QED) is 0.570. The molecular weight excluding hydrogens is 371 g/mol. The van der Waals surface area contributed by atoms with E-state index in [1.165, 1.54) is 12.1 Å². The molecule has 0 amide bonds. The highest BCUT2D eigenvalue weighted by molar-refractivity contribution is 6.01. The van der Waals surface area contributed by atoms with Crippen molar-refractivity contribution >= 4 is 10.9 Å². The Morgan fingerprint density at radius 3 is 2.76 bits per heavy atom. The van der Waals surface area contributed by atoms with E-state index in [-0.39, 0.29) is 11.7 Å². The van der Waals surface area contributed by atoms with Crippen LogP contribution in [-0.2, 0) is 18.3 Å². The van der Waals surface area contributed by atoms with Crippen LogP contribution in [0.15, 0.2) is 48.9 Å². The van der Waals surface area contributed by atoms with Crippen LogP contribution in [0.1, 0.15) is 6.42 Å². The molecule has 0 radical (unpaired) electrons. The minimum Gasteiger partial charge on any atom is -0.494 e. The van der Waals surface area contributed by atoms with E-state index in [9.17, 15) is 9.50 Å². The number of halogens is 1. The van der Waals surface area contributed by atoms with Crippen LogP contribution in [0, 0.1) is 11.7 Å². The lowest BCUT2D eigenvalue weighted by molar-refractivity contribution is 0.182. The highest BCUT2D eigenvalue weighted by Gasteiger charge is 2.22. The highest BCUT2D eigenvalue weighted by Crippen LogP contribution is 2.39. The molecule has 7 heteroatoms. The third-order valence-corrected chi connectivity index (χ3v) is 5.47. The predicted molar refractivity (Wildman–Crippen MR) is 108 cm³/mol. The first-order valence-electron chi connectivity index (χ1n) is 9.64. The van der Waals surface area contributed by atoms with Crippen LogP contribution in [0.2, 0.25) is 0 Å². The number of pyridine rings is 1. The first kappa shape index (κ1) is 17.9. The fourth-order valence-electron chi connectivity index (χ4n) is 4.04. The van der Waals surface area contributed by atoms with E-state index >= 15 is 0 Å². The second-order valence-electron chi connectivity index (χ2n) is 7.53. The molecule has 0 aliphatic carbocycles. The van der Waals surface area contributed by atoms with Crippen LogP contribution in [0.3, 0.4) is 0 Å². The molecule has 1 aromatic carbocycles. The molecule has 1 aliphatic rings. The van der Waals surface area contributed by atoms with E-state index < -0.39 is 0 Å². The molecule has 0 bridgehead atoms. The summed E-state index contributed by atoms with van der Waals surface area (Å²) in [6.07, 6.45) is 6.53. The van der Waals surface area contributed by atoms with E-state index in [0.717, 1.165) is 40.9 Å². The van der Waals surface area contributed by atoms with Gasteiger partial charge in [0.2, 0.25) is 5.88 Å². The standard InChI is InChI=1S/C22H21FN4O2/c1-26-11-18(21(25-26)15-2-4-16(23)5-3-15)17-6-8-24-19-12-27(22(28)20(17)19)10-14-7-9-29-13-14/h2-6,8,11-12,14,28H,7,9-10,13H2,1H3. The normalized spacial score (nSPS) is 16.7. The van der Waals surface area contributed by atoms with E-state index in [0.29, 0.717) is 24.5 Å². The molecule has 5 rings (SSSR count). The Morgan fingerprint density at radius 2 is 2.00 bits per heavy atom. The number of aromatic hydroxyl groups is 1. The Kier molecular flexibility index (Phi) is 4.32. The number of fused-ring (bicyclic) bond motifs is 1. The van der Waals surface area contributed by atoms with E-state index in [1.807, 2.05) is 30.1 Å². The monoisotopic (exact) mass is 392 g/mol. The summed E-state index contributed by atoms with van der Waals surface area (Å²) in [5.41, 5.74) is 3.99.